The molecule has 0 spiro atoms. The van der Waals surface area contributed by atoms with Gasteiger partial charge in [0.05, 0.1) is 11.4 Å². The molecule has 1 aliphatic carbocycles. The summed E-state index contributed by atoms with van der Waals surface area (Å²) in [6, 6.07) is 2.76. The van der Waals surface area contributed by atoms with Crippen LogP contribution in [0.1, 0.15) is 38.2 Å². The van der Waals surface area contributed by atoms with Gasteiger partial charge < -0.3 is 4.90 Å². The summed E-state index contributed by atoms with van der Waals surface area (Å²) in [7, 11) is 1.63. The molecule has 3 aliphatic rings. The minimum atomic E-state index is -1.05. The van der Waals surface area contributed by atoms with Crippen molar-refractivity contribution in [3.63, 3.8) is 0 Å². The molecule has 0 fully saturated rings. The van der Waals surface area contributed by atoms with Crippen LogP contribution in [0.3, 0.4) is 0 Å². The number of imide groups is 1. The van der Waals surface area contributed by atoms with Gasteiger partial charge in [-0.15, -0.1) is 11.8 Å². The van der Waals surface area contributed by atoms with Crippen LogP contribution in [0.25, 0.3) is 0 Å². The van der Waals surface area contributed by atoms with Crippen LogP contribution in [-0.2, 0) is 19.1 Å². The first-order valence-corrected chi connectivity index (χ1v) is 9.82. The smallest absolute Gasteiger partial charge is 0.261 e. The van der Waals surface area contributed by atoms with Crippen LogP contribution in [0.5, 0.6) is 0 Å². The fourth-order valence-corrected chi connectivity index (χ4v) is 4.91. The van der Waals surface area contributed by atoms with E-state index in [0.29, 0.717) is 35.2 Å². The molecule has 2 aliphatic heterocycles. The first-order chi connectivity index (χ1) is 12.3. The lowest BCUT2D eigenvalue weighted by Crippen LogP contribution is -2.36. The van der Waals surface area contributed by atoms with Crippen molar-refractivity contribution in [2.24, 2.45) is 0 Å². The van der Waals surface area contributed by atoms with Crippen molar-refractivity contribution in [2.45, 2.75) is 37.4 Å². The van der Waals surface area contributed by atoms with Crippen LogP contribution >= 0.6 is 11.8 Å². The molecule has 0 N–H and O–H groups in total. The van der Waals surface area contributed by atoms with Crippen molar-refractivity contribution in [3.8, 4) is 0 Å². The molecule has 3 amide bonds. The van der Waals surface area contributed by atoms with Gasteiger partial charge in [-0.2, -0.15) is 0 Å². The quantitative estimate of drug-likeness (QED) is 0.747. The van der Waals surface area contributed by atoms with Crippen LogP contribution in [0.4, 0.5) is 15.8 Å². The number of rotatable bonds is 2. The van der Waals surface area contributed by atoms with Crippen molar-refractivity contribution in [3.05, 3.63) is 34.7 Å². The monoisotopic (exact) mass is 374 g/mol. The molecule has 0 radical (unpaired) electrons. The molecule has 1 aromatic carbocycles. The third-order valence-corrected chi connectivity index (χ3v) is 6.88. The Morgan fingerprint density at radius 3 is 2.19 bits per heavy atom. The van der Waals surface area contributed by atoms with Gasteiger partial charge in [-0.1, -0.05) is 0 Å². The van der Waals surface area contributed by atoms with Gasteiger partial charge in [-0.25, -0.2) is 9.29 Å². The molecule has 136 valence electrons. The number of anilines is 2. The van der Waals surface area contributed by atoms with Crippen molar-refractivity contribution in [1.29, 1.82) is 0 Å². The number of hydrogen-bond donors (Lipinski definition) is 0. The van der Waals surface area contributed by atoms with Crippen molar-refractivity contribution in [1.82, 2.24) is 0 Å². The van der Waals surface area contributed by atoms with E-state index in [1.807, 2.05) is 0 Å². The summed E-state index contributed by atoms with van der Waals surface area (Å²) in [4.78, 5) is 41.1. The minimum absolute atomic E-state index is 0.0681. The summed E-state index contributed by atoms with van der Waals surface area (Å²) in [5, 5.41) is 0. The molecule has 7 heteroatoms. The van der Waals surface area contributed by atoms with Gasteiger partial charge in [0, 0.05) is 23.8 Å². The molecule has 1 unspecified atom stereocenters. The van der Waals surface area contributed by atoms with Gasteiger partial charge in [0.1, 0.15) is 10.6 Å². The summed E-state index contributed by atoms with van der Waals surface area (Å²) in [6.07, 6.45) is 4.57. The Morgan fingerprint density at radius 2 is 1.65 bits per heavy atom. The molecule has 0 saturated heterocycles. The van der Waals surface area contributed by atoms with Crippen LogP contribution in [0.2, 0.25) is 0 Å². The lowest BCUT2D eigenvalue weighted by molar-refractivity contribution is -0.121. The van der Waals surface area contributed by atoms with Gasteiger partial charge in [-0.05, 0) is 51.0 Å². The highest BCUT2D eigenvalue weighted by atomic mass is 32.2. The number of carbonyl (C=O) groups excluding carboxylic acids is 3. The van der Waals surface area contributed by atoms with Gasteiger partial charge in [0.2, 0.25) is 5.91 Å². The highest BCUT2D eigenvalue weighted by molar-refractivity contribution is 8.00. The maximum atomic E-state index is 15.0. The molecule has 5 nitrogen and oxygen atoms in total. The summed E-state index contributed by atoms with van der Waals surface area (Å²) in [5.74, 6) is -1.73. The van der Waals surface area contributed by atoms with E-state index in [9.17, 15) is 18.8 Å². The van der Waals surface area contributed by atoms with E-state index in [0.717, 1.165) is 17.7 Å². The third-order valence-electron chi connectivity index (χ3n) is 5.68. The Bertz CT molecular complexity index is 882. The maximum absolute atomic E-state index is 15.0. The van der Waals surface area contributed by atoms with Crippen molar-refractivity contribution < 1.29 is 18.8 Å². The molecular weight excluding hydrogens is 355 g/mol. The molecule has 0 bridgehead atoms. The number of likely N-dealkylation sites (N-methyl/N-ethyl adjacent to an activating group) is 1. The van der Waals surface area contributed by atoms with E-state index < -0.39 is 22.4 Å². The Kier molecular flexibility index (Phi) is 3.77. The standard InChI is InChI=1S/C19H19FN2O3S/c1-19(26-3)14-13(21(2)18(19)25)9-8-12(20)15(14)22-16(23)10-6-4-5-7-11(10)17(22)24/h8-9H,4-7H2,1-3H3. The average Bonchev–Trinajstić information content (AvgIpc) is 3.01. The zero-order valence-electron chi connectivity index (χ0n) is 14.9. The Morgan fingerprint density at radius 1 is 1.08 bits per heavy atom. The summed E-state index contributed by atoms with van der Waals surface area (Å²) in [6.45, 7) is 1.71. The Balaban J connectivity index is 1.94. The van der Waals surface area contributed by atoms with E-state index in [4.69, 9.17) is 0 Å². The second-order valence-corrected chi connectivity index (χ2v) is 8.23. The first kappa shape index (κ1) is 17.3. The van der Waals surface area contributed by atoms with E-state index in [2.05, 4.69) is 0 Å². The molecule has 0 saturated carbocycles. The molecule has 26 heavy (non-hydrogen) atoms. The average molecular weight is 374 g/mol. The molecule has 4 rings (SSSR count). The van der Waals surface area contributed by atoms with Gasteiger partial charge >= 0.3 is 0 Å². The normalized spacial score (nSPS) is 25.3. The summed E-state index contributed by atoms with van der Waals surface area (Å²) in [5.41, 5.74) is 1.87. The van der Waals surface area contributed by atoms with E-state index in [1.54, 1.807) is 20.2 Å². The maximum Gasteiger partial charge on any atom is 0.261 e. The SMILES string of the molecule is CSC1(C)C(=O)N(C)c2ccc(F)c(N3C(=O)C4=C(CCCC4)C3=O)c21. The van der Waals surface area contributed by atoms with Crippen molar-refractivity contribution in [2.75, 3.05) is 23.1 Å². The van der Waals surface area contributed by atoms with Gasteiger partial charge in [-0.3, -0.25) is 14.4 Å². The summed E-state index contributed by atoms with van der Waals surface area (Å²) >= 11 is 1.28. The Hall–Kier alpha value is -2.15. The molecular formula is C19H19FN2O3S. The van der Waals surface area contributed by atoms with E-state index >= 15 is 0 Å². The predicted molar refractivity (Wildman–Crippen MR) is 98.7 cm³/mol. The fraction of sp³-hybridized carbons (Fsp3) is 0.421. The number of amides is 3. The van der Waals surface area contributed by atoms with Gasteiger partial charge in [0.25, 0.3) is 11.8 Å². The van der Waals surface area contributed by atoms with Crippen LogP contribution in [0, 0.1) is 5.82 Å². The molecule has 2 heterocycles. The summed E-state index contributed by atoms with van der Waals surface area (Å²) < 4.78 is 13.9. The van der Waals surface area contributed by atoms with Crippen LogP contribution < -0.4 is 9.80 Å². The van der Waals surface area contributed by atoms with E-state index in [1.165, 1.54) is 28.8 Å². The van der Waals surface area contributed by atoms with Crippen LogP contribution in [-0.4, -0.2) is 31.0 Å². The number of fused-ring (bicyclic) bond motifs is 1. The highest BCUT2D eigenvalue weighted by Crippen LogP contribution is 2.53. The second kappa shape index (κ2) is 5.67. The number of thioether (sulfide) groups is 1. The number of halogens is 1. The highest BCUT2D eigenvalue weighted by Gasteiger charge is 2.51. The topological polar surface area (TPSA) is 57.7 Å². The third kappa shape index (κ3) is 2.00. The zero-order chi connectivity index (χ0) is 18.8. The van der Waals surface area contributed by atoms with Gasteiger partial charge in [0.15, 0.2) is 0 Å². The number of benzene rings is 1. The lowest BCUT2D eigenvalue weighted by atomic mass is 9.93. The fourth-order valence-electron chi connectivity index (χ4n) is 4.19. The molecule has 1 aromatic rings. The number of hydrogen-bond acceptors (Lipinski definition) is 4. The first-order valence-electron chi connectivity index (χ1n) is 8.60. The Labute approximate surface area is 155 Å². The zero-order valence-corrected chi connectivity index (χ0v) is 15.7. The largest absolute Gasteiger partial charge is 0.314 e. The minimum Gasteiger partial charge on any atom is -0.314 e. The lowest BCUT2D eigenvalue weighted by Gasteiger charge is -2.26. The molecule has 0 aromatic heterocycles. The second-order valence-electron chi connectivity index (χ2n) is 7.00. The number of carbonyl (C=O) groups is 3. The van der Waals surface area contributed by atoms with E-state index in [-0.39, 0.29) is 11.6 Å². The molecule has 1 atom stereocenters. The van der Waals surface area contributed by atoms with Crippen molar-refractivity contribution >= 4 is 40.9 Å². The van der Waals surface area contributed by atoms with Crippen LogP contribution in [0.15, 0.2) is 23.3 Å². The predicted octanol–water partition coefficient (Wildman–Crippen LogP) is 3.12. The number of nitrogens with zero attached hydrogens (tertiary/aromatic N) is 2.